The van der Waals surface area contributed by atoms with Crippen molar-refractivity contribution in [3.8, 4) is 0 Å². The highest BCUT2D eigenvalue weighted by atomic mass is 35.5. The number of fused-ring (bicyclic) bond motifs is 1. The lowest BCUT2D eigenvalue weighted by Crippen LogP contribution is -2.37. The Kier molecular flexibility index (Phi) is 3.82. The molecular weight excluding hydrogens is 286 g/mol. The first kappa shape index (κ1) is 13.9. The van der Waals surface area contributed by atoms with Gasteiger partial charge in [0.1, 0.15) is 0 Å². The molecule has 0 atom stereocenters. The zero-order chi connectivity index (χ0) is 14.8. The van der Waals surface area contributed by atoms with Crippen LogP contribution in [0.1, 0.15) is 11.1 Å². The second-order valence-electron chi connectivity index (χ2n) is 5.05. The Balaban J connectivity index is 1.90. The molecule has 4 nitrogen and oxygen atoms in total. The lowest BCUT2D eigenvalue weighted by Gasteiger charge is -2.31. The van der Waals surface area contributed by atoms with Gasteiger partial charge >= 0.3 is 0 Å². The van der Waals surface area contributed by atoms with Gasteiger partial charge in [-0.25, -0.2) is 0 Å². The van der Waals surface area contributed by atoms with E-state index >= 15 is 0 Å². The number of amides is 1. The molecule has 0 unspecified atom stereocenters. The van der Waals surface area contributed by atoms with Crippen molar-refractivity contribution in [3.63, 3.8) is 0 Å². The number of hydrogen-bond donors (Lipinski definition) is 2. The van der Waals surface area contributed by atoms with Gasteiger partial charge < -0.3 is 16.0 Å². The Bertz CT molecular complexity index is 687. The van der Waals surface area contributed by atoms with Gasteiger partial charge in [-0.15, -0.1) is 0 Å². The summed E-state index contributed by atoms with van der Waals surface area (Å²) >= 11 is 6.31. The fourth-order valence-corrected chi connectivity index (χ4v) is 2.76. The molecule has 0 saturated heterocycles. The fraction of sp³-hybridized carbons (Fsp3) is 0.188. The van der Waals surface area contributed by atoms with Crippen molar-refractivity contribution in [3.05, 3.63) is 58.6 Å². The Morgan fingerprint density at radius 3 is 2.81 bits per heavy atom. The Morgan fingerprint density at radius 1 is 1.24 bits per heavy atom. The molecule has 2 aromatic carbocycles. The van der Waals surface area contributed by atoms with E-state index in [0.717, 1.165) is 22.5 Å². The number of hydrogen-bond acceptors (Lipinski definition) is 3. The summed E-state index contributed by atoms with van der Waals surface area (Å²) in [6.45, 7) is 1.38. The number of nitrogens with one attached hydrogen (secondary N) is 1. The summed E-state index contributed by atoms with van der Waals surface area (Å²) in [5.74, 6) is -0.0107. The molecule has 0 radical (unpaired) electrons. The maximum Gasteiger partial charge on any atom is 0.243 e. The van der Waals surface area contributed by atoms with Gasteiger partial charge in [0, 0.05) is 18.1 Å². The van der Waals surface area contributed by atoms with Crippen LogP contribution in [0.5, 0.6) is 0 Å². The zero-order valence-corrected chi connectivity index (χ0v) is 12.2. The lowest BCUT2D eigenvalue weighted by molar-refractivity contribution is -0.115. The summed E-state index contributed by atoms with van der Waals surface area (Å²) in [5, 5.41) is 3.56. The minimum atomic E-state index is -0.0107. The predicted octanol–water partition coefficient (Wildman–Crippen LogP) is 2.76. The Labute approximate surface area is 128 Å². The standard InChI is InChI=1S/C16H16ClN3O/c17-13-7-11(8-18)5-6-12(13)9-20-10-16(21)19-14-3-1-2-4-15(14)20/h1-7H,8-10,18H2,(H,19,21). The number of anilines is 2. The van der Waals surface area contributed by atoms with Crippen molar-refractivity contribution in [2.75, 3.05) is 16.8 Å². The van der Waals surface area contributed by atoms with Crippen molar-refractivity contribution < 1.29 is 4.79 Å². The molecule has 0 saturated carbocycles. The van der Waals surface area contributed by atoms with E-state index in [4.69, 9.17) is 17.3 Å². The summed E-state index contributed by atoms with van der Waals surface area (Å²) in [7, 11) is 0. The van der Waals surface area contributed by atoms with Crippen molar-refractivity contribution >= 4 is 28.9 Å². The predicted molar refractivity (Wildman–Crippen MR) is 85.5 cm³/mol. The molecule has 0 bridgehead atoms. The van der Waals surface area contributed by atoms with E-state index in [0.29, 0.717) is 24.7 Å². The molecule has 0 fully saturated rings. The van der Waals surface area contributed by atoms with E-state index in [-0.39, 0.29) is 5.91 Å². The molecule has 108 valence electrons. The maximum absolute atomic E-state index is 11.8. The van der Waals surface area contributed by atoms with Crippen molar-refractivity contribution in [1.29, 1.82) is 0 Å². The number of benzene rings is 2. The fourth-order valence-electron chi connectivity index (χ4n) is 2.50. The van der Waals surface area contributed by atoms with Crippen LogP contribution in [-0.4, -0.2) is 12.5 Å². The summed E-state index contributed by atoms with van der Waals surface area (Å²) in [6.07, 6.45) is 0. The van der Waals surface area contributed by atoms with Gasteiger partial charge in [-0.2, -0.15) is 0 Å². The molecule has 1 aliphatic rings. The second kappa shape index (κ2) is 5.76. The summed E-state index contributed by atoms with van der Waals surface area (Å²) in [4.78, 5) is 13.8. The van der Waals surface area contributed by atoms with Gasteiger partial charge in [0.15, 0.2) is 0 Å². The molecule has 0 aliphatic carbocycles. The second-order valence-corrected chi connectivity index (χ2v) is 5.46. The first-order valence-corrected chi connectivity index (χ1v) is 7.16. The van der Waals surface area contributed by atoms with E-state index in [1.807, 2.05) is 47.4 Å². The summed E-state index contributed by atoms with van der Waals surface area (Å²) in [5.41, 5.74) is 9.44. The van der Waals surface area contributed by atoms with Gasteiger partial charge in [-0.05, 0) is 29.3 Å². The maximum atomic E-state index is 11.8. The number of nitrogens with two attached hydrogens (primary N) is 1. The summed E-state index contributed by atoms with van der Waals surface area (Å²) in [6, 6.07) is 13.6. The number of halogens is 1. The van der Waals surface area contributed by atoms with Crippen LogP contribution in [0, 0.1) is 0 Å². The van der Waals surface area contributed by atoms with Gasteiger partial charge in [0.2, 0.25) is 5.91 Å². The largest absolute Gasteiger partial charge is 0.356 e. The average Bonchev–Trinajstić information content (AvgIpc) is 2.49. The van der Waals surface area contributed by atoms with Gasteiger partial charge in [0.05, 0.1) is 17.9 Å². The van der Waals surface area contributed by atoms with Crippen LogP contribution in [0.3, 0.4) is 0 Å². The molecule has 21 heavy (non-hydrogen) atoms. The topological polar surface area (TPSA) is 58.4 Å². The molecule has 1 heterocycles. The van der Waals surface area contributed by atoms with Crippen molar-refractivity contribution in [1.82, 2.24) is 0 Å². The first-order chi connectivity index (χ1) is 10.2. The minimum Gasteiger partial charge on any atom is -0.356 e. The van der Waals surface area contributed by atoms with E-state index in [1.54, 1.807) is 0 Å². The van der Waals surface area contributed by atoms with Gasteiger partial charge in [0.25, 0.3) is 0 Å². The molecule has 1 aliphatic heterocycles. The highest BCUT2D eigenvalue weighted by Gasteiger charge is 2.22. The normalized spacial score (nSPS) is 13.8. The quantitative estimate of drug-likeness (QED) is 0.916. The highest BCUT2D eigenvalue weighted by molar-refractivity contribution is 6.31. The Hall–Kier alpha value is -2.04. The van der Waals surface area contributed by atoms with Gasteiger partial charge in [-0.3, -0.25) is 4.79 Å². The van der Waals surface area contributed by atoms with Crippen LogP contribution >= 0.6 is 11.6 Å². The number of para-hydroxylation sites is 2. The molecule has 0 aromatic heterocycles. The van der Waals surface area contributed by atoms with Crippen LogP contribution in [-0.2, 0) is 17.9 Å². The molecule has 0 spiro atoms. The smallest absolute Gasteiger partial charge is 0.243 e. The van der Waals surface area contributed by atoms with Crippen LogP contribution < -0.4 is 16.0 Å². The average molecular weight is 302 g/mol. The van der Waals surface area contributed by atoms with Gasteiger partial charge in [-0.1, -0.05) is 35.9 Å². The van der Waals surface area contributed by atoms with E-state index in [1.165, 1.54) is 0 Å². The Morgan fingerprint density at radius 2 is 2.05 bits per heavy atom. The van der Waals surface area contributed by atoms with Crippen LogP contribution in [0.25, 0.3) is 0 Å². The van der Waals surface area contributed by atoms with Crippen LogP contribution in [0.4, 0.5) is 11.4 Å². The minimum absolute atomic E-state index is 0.0107. The zero-order valence-electron chi connectivity index (χ0n) is 11.5. The van der Waals surface area contributed by atoms with Crippen molar-refractivity contribution in [2.24, 2.45) is 5.73 Å². The number of rotatable bonds is 3. The highest BCUT2D eigenvalue weighted by Crippen LogP contribution is 2.31. The van der Waals surface area contributed by atoms with E-state index in [2.05, 4.69) is 5.32 Å². The molecule has 5 heteroatoms. The number of carbonyl (C=O) groups excluding carboxylic acids is 1. The molecule has 3 rings (SSSR count). The lowest BCUT2D eigenvalue weighted by atomic mass is 10.1. The molecule has 3 N–H and O–H groups in total. The number of nitrogens with zero attached hydrogens (tertiary/aromatic N) is 1. The van der Waals surface area contributed by atoms with Crippen molar-refractivity contribution in [2.45, 2.75) is 13.1 Å². The molecular formula is C16H16ClN3O. The summed E-state index contributed by atoms with van der Waals surface area (Å²) < 4.78 is 0. The SMILES string of the molecule is NCc1ccc(CN2CC(=O)Nc3ccccc32)c(Cl)c1. The van der Waals surface area contributed by atoms with E-state index in [9.17, 15) is 4.79 Å². The van der Waals surface area contributed by atoms with Crippen LogP contribution in [0.2, 0.25) is 5.02 Å². The molecule has 2 aromatic rings. The third kappa shape index (κ3) is 2.86. The first-order valence-electron chi connectivity index (χ1n) is 6.78. The third-order valence-corrected chi connectivity index (χ3v) is 3.92. The van der Waals surface area contributed by atoms with E-state index < -0.39 is 0 Å². The monoisotopic (exact) mass is 301 g/mol. The van der Waals surface area contributed by atoms with Crippen LogP contribution in [0.15, 0.2) is 42.5 Å². The molecule has 1 amide bonds. The number of carbonyl (C=O) groups is 1. The third-order valence-electron chi connectivity index (χ3n) is 3.57.